The van der Waals surface area contributed by atoms with Gasteiger partial charge in [-0.1, -0.05) is 91.5 Å². The van der Waals surface area contributed by atoms with Crippen LogP contribution in [0, 0.1) is 17.3 Å². The lowest BCUT2D eigenvalue weighted by atomic mass is 9.80. The molecule has 1 nitrogen and oxygen atoms in total. The lowest BCUT2D eigenvalue weighted by Crippen LogP contribution is -2.26. The monoisotopic (exact) mass is 462 g/mol. The fourth-order valence-electron chi connectivity index (χ4n) is 5.77. The van der Waals surface area contributed by atoms with Crippen molar-refractivity contribution in [3.8, 4) is 16.9 Å². The summed E-state index contributed by atoms with van der Waals surface area (Å²) in [5.74, 6) is 2.98. The molecule has 0 bridgehead atoms. The molecule has 0 radical (unpaired) electrons. The summed E-state index contributed by atoms with van der Waals surface area (Å²) < 4.78 is 6.51. The van der Waals surface area contributed by atoms with E-state index in [4.69, 9.17) is 4.74 Å². The van der Waals surface area contributed by atoms with Gasteiger partial charge >= 0.3 is 0 Å². The van der Waals surface area contributed by atoms with Crippen molar-refractivity contribution in [1.82, 2.24) is 0 Å². The smallest absolute Gasteiger partial charge is 0.122 e. The van der Waals surface area contributed by atoms with E-state index in [0.29, 0.717) is 5.41 Å². The third-order valence-electron chi connectivity index (χ3n) is 9.07. The van der Waals surface area contributed by atoms with E-state index in [9.17, 15) is 0 Å². The highest BCUT2D eigenvalue weighted by atomic mass is 16.5. The van der Waals surface area contributed by atoms with Gasteiger partial charge in [-0.25, -0.2) is 0 Å². The van der Waals surface area contributed by atoms with Gasteiger partial charge in [0.1, 0.15) is 5.75 Å². The molecule has 0 unspecified atom stereocenters. The van der Waals surface area contributed by atoms with E-state index in [1.807, 2.05) is 0 Å². The number of hydrogen-bond acceptors (Lipinski definition) is 1. The third-order valence-corrected chi connectivity index (χ3v) is 9.07. The van der Waals surface area contributed by atoms with Crippen LogP contribution in [0.1, 0.15) is 110 Å². The average Bonchev–Trinajstić information content (AvgIpc) is 2.89. The topological polar surface area (TPSA) is 9.23 Å². The molecule has 1 fully saturated rings. The minimum absolute atomic E-state index is 0.293. The van der Waals surface area contributed by atoms with Gasteiger partial charge < -0.3 is 4.74 Å². The molecular weight excluding hydrogens is 412 g/mol. The van der Waals surface area contributed by atoms with Crippen molar-refractivity contribution in [2.24, 2.45) is 17.3 Å². The minimum Gasteiger partial charge on any atom is -0.493 e. The third kappa shape index (κ3) is 6.67. The largest absolute Gasteiger partial charge is 0.493 e. The number of ether oxygens (including phenoxy) is 1. The maximum Gasteiger partial charge on any atom is 0.122 e. The van der Waals surface area contributed by atoms with Crippen LogP contribution in [0.3, 0.4) is 0 Å². The van der Waals surface area contributed by atoms with E-state index in [2.05, 4.69) is 77.9 Å². The Morgan fingerprint density at radius 3 is 1.97 bits per heavy atom. The molecule has 0 aromatic heterocycles. The molecule has 0 aliphatic heterocycles. The van der Waals surface area contributed by atoms with E-state index in [1.165, 1.54) is 85.6 Å². The molecule has 1 saturated carbocycles. The lowest BCUT2D eigenvalue weighted by molar-refractivity contribution is 0.127. The number of hydrogen-bond donors (Lipinski definition) is 0. The second-order valence-corrected chi connectivity index (χ2v) is 11.0. The Morgan fingerprint density at radius 1 is 0.794 bits per heavy atom. The van der Waals surface area contributed by atoms with Crippen molar-refractivity contribution < 1.29 is 4.74 Å². The fourth-order valence-corrected chi connectivity index (χ4v) is 5.77. The van der Waals surface area contributed by atoms with Gasteiger partial charge in [0.2, 0.25) is 0 Å². The average molecular weight is 463 g/mol. The van der Waals surface area contributed by atoms with E-state index in [-0.39, 0.29) is 0 Å². The second kappa shape index (κ2) is 12.8. The lowest BCUT2D eigenvalue weighted by Gasteiger charge is -2.31. The van der Waals surface area contributed by atoms with Crippen LogP contribution in [-0.2, 0) is 19.3 Å². The summed E-state index contributed by atoms with van der Waals surface area (Å²) in [5, 5.41) is 0. The van der Waals surface area contributed by atoms with Crippen molar-refractivity contribution in [3.63, 3.8) is 0 Å². The Labute approximate surface area is 210 Å². The van der Waals surface area contributed by atoms with Crippen molar-refractivity contribution in [1.29, 1.82) is 0 Å². The zero-order valence-electron chi connectivity index (χ0n) is 23.0. The first-order valence-electron chi connectivity index (χ1n) is 14.3. The number of aryl methyl sites for hydroxylation is 3. The SMILES string of the molecule is CCc1cc(-c2ccc(CCC3CCC(C)CC3)cc2)c(CC)cc1OCC(CC)(CC)CC. The Bertz CT molecular complexity index is 858. The summed E-state index contributed by atoms with van der Waals surface area (Å²) in [4.78, 5) is 0. The van der Waals surface area contributed by atoms with Crippen LogP contribution in [0.5, 0.6) is 5.75 Å². The molecule has 0 saturated heterocycles. The van der Waals surface area contributed by atoms with Crippen molar-refractivity contribution >= 4 is 0 Å². The van der Waals surface area contributed by atoms with Gasteiger partial charge in [0, 0.05) is 5.41 Å². The first-order chi connectivity index (χ1) is 16.5. The van der Waals surface area contributed by atoms with Crippen LogP contribution in [0.25, 0.3) is 11.1 Å². The van der Waals surface area contributed by atoms with Crippen molar-refractivity contribution in [3.05, 3.63) is 53.1 Å². The molecule has 0 N–H and O–H groups in total. The molecule has 1 aliphatic rings. The summed E-state index contributed by atoms with van der Waals surface area (Å²) in [6, 6.07) is 14.2. The van der Waals surface area contributed by atoms with E-state index >= 15 is 0 Å². The number of benzene rings is 2. The molecule has 0 atom stereocenters. The predicted molar refractivity (Wildman–Crippen MR) is 149 cm³/mol. The minimum atomic E-state index is 0.293. The standard InChI is InChI=1S/C33H50O/c1-7-28-23-32(34-24-33(9-3,10-4)11-5)29(8-2)22-31(28)30-20-18-27(19-21-30)17-16-26-14-12-25(6)13-15-26/h18-23,25-26H,7-17,24H2,1-6H3. The second-order valence-electron chi connectivity index (χ2n) is 11.0. The van der Waals surface area contributed by atoms with Crippen LogP contribution in [0.4, 0.5) is 0 Å². The van der Waals surface area contributed by atoms with Crippen molar-refractivity contribution in [2.45, 2.75) is 112 Å². The van der Waals surface area contributed by atoms with Crippen LogP contribution < -0.4 is 4.74 Å². The summed E-state index contributed by atoms with van der Waals surface area (Å²) in [6.07, 6.45) is 13.9. The Hall–Kier alpha value is -1.76. The summed E-state index contributed by atoms with van der Waals surface area (Å²) in [7, 11) is 0. The summed E-state index contributed by atoms with van der Waals surface area (Å²) in [6.45, 7) is 14.7. The van der Waals surface area contributed by atoms with Crippen LogP contribution >= 0.6 is 0 Å². The van der Waals surface area contributed by atoms with Gasteiger partial charge in [-0.05, 0) is 96.7 Å². The Balaban J connectivity index is 1.73. The molecule has 34 heavy (non-hydrogen) atoms. The summed E-state index contributed by atoms with van der Waals surface area (Å²) in [5.41, 5.74) is 7.24. The van der Waals surface area contributed by atoms with Gasteiger partial charge in [0.05, 0.1) is 6.61 Å². The fraction of sp³-hybridized carbons (Fsp3) is 0.636. The highest BCUT2D eigenvalue weighted by Crippen LogP contribution is 2.36. The molecule has 1 aliphatic carbocycles. The molecule has 0 heterocycles. The molecule has 2 aromatic carbocycles. The molecule has 3 rings (SSSR count). The first kappa shape index (κ1) is 26.8. The quantitative estimate of drug-likeness (QED) is 0.305. The van der Waals surface area contributed by atoms with Gasteiger partial charge in [0.25, 0.3) is 0 Å². The first-order valence-corrected chi connectivity index (χ1v) is 14.3. The normalized spacial score (nSPS) is 18.8. The van der Waals surface area contributed by atoms with Crippen LogP contribution in [0.15, 0.2) is 36.4 Å². The predicted octanol–water partition coefficient (Wildman–Crippen LogP) is 9.83. The molecular formula is C33H50O. The van der Waals surface area contributed by atoms with Gasteiger partial charge in [-0.15, -0.1) is 0 Å². The van der Waals surface area contributed by atoms with E-state index in [0.717, 1.165) is 37.0 Å². The van der Waals surface area contributed by atoms with Crippen LogP contribution in [0.2, 0.25) is 0 Å². The summed E-state index contributed by atoms with van der Waals surface area (Å²) >= 11 is 0. The van der Waals surface area contributed by atoms with Gasteiger partial charge in [-0.3, -0.25) is 0 Å². The highest BCUT2D eigenvalue weighted by molar-refractivity contribution is 5.70. The Kier molecular flexibility index (Phi) is 10.1. The van der Waals surface area contributed by atoms with Crippen LogP contribution in [-0.4, -0.2) is 6.61 Å². The molecule has 1 heteroatoms. The number of rotatable bonds is 12. The zero-order valence-corrected chi connectivity index (χ0v) is 23.0. The molecule has 188 valence electrons. The van der Waals surface area contributed by atoms with Gasteiger partial charge in [0.15, 0.2) is 0 Å². The maximum absolute atomic E-state index is 6.51. The highest BCUT2D eigenvalue weighted by Gasteiger charge is 2.25. The Morgan fingerprint density at radius 2 is 1.41 bits per heavy atom. The molecule has 0 amide bonds. The van der Waals surface area contributed by atoms with E-state index in [1.54, 1.807) is 0 Å². The van der Waals surface area contributed by atoms with E-state index < -0.39 is 0 Å². The van der Waals surface area contributed by atoms with Gasteiger partial charge in [-0.2, -0.15) is 0 Å². The van der Waals surface area contributed by atoms with Crippen molar-refractivity contribution in [2.75, 3.05) is 6.61 Å². The zero-order chi connectivity index (χ0) is 24.6. The maximum atomic E-state index is 6.51. The molecule has 0 spiro atoms. The molecule has 2 aromatic rings.